The molecule has 2 atom stereocenters. The van der Waals surface area contributed by atoms with E-state index in [9.17, 15) is 4.79 Å². The molecule has 0 aromatic carbocycles. The van der Waals surface area contributed by atoms with Crippen LogP contribution in [0.3, 0.4) is 0 Å². The van der Waals surface area contributed by atoms with Crippen molar-refractivity contribution in [3.05, 3.63) is 0 Å². The van der Waals surface area contributed by atoms with Crippen LogP contribution in [0.1, 0.15) is 26.7 Å². The van der Waals surface area contributed by atoms with Crippen molar-refractivity contribution >= 4 is 22.8 Å². The molecule has 1 fully saturated rings. The number of amides is 1. The van der Waals surface area contributed by atoms with Crippen molar-refractivity contribution in [2.75, 3.05) is 20.3 Å². The number of aliphatic imine (C=N–C) groups is 1. The van der Waals surface area contributed by atoms with E-state index in [1.54, 1.807) is 18.9 Å². The summed E-state index contributed by atoms with van der Waals surface area (Å²) in [5.74, 6) is 0.305. The number of rotatable bonds is 4. The van der Waals surface area contributed by atoms with Crippen LogP contribution in [0, 0.1) is 5.92 Å². The molecule has 0 radical (unpaired) electrons. The summed E-state index contributed by atoms with van der Waals surface area (Å²) in [6, 6.07) is 0.381. The Morgan fingerprint density at radius 1 is 1.61 bits per heavy atom. The van der Waals surface area contributed by atoms with Crippen LogP contribution in [0.4, 0.5) is 0 Å². The van der Waals surface area contributed by atoms with Crippen molar-refractivity contribution in [2.24, 2.45) is 10.9 Å². The maximum absolute atomic E-state index is 11.7. The number of amidine groups is 1. The number of nitrogens with one attached hydrogen (secondary N) is 1. The summed E-state index contributed by atoms with van der Waals surface area (Å²) in [5.41, 5.74) is 3.27. The fourth-order valence-corrected chi connectivity index (χ4v) is 3.28. The molecule has 5 nitrogen and oxygen atoms in total. The van der Waals surface area contributed by atoms with Gasteiger partial charge in [0.2, 0.25) is 0 Å². The lowest BCUT2D eigenvalue weighted by molar-refractivity contribution is -0.117. The number of methoxy groups -OCH3 is 1. The van der Waals surface area contributed by atoms with Gasteiger partial charge in [-0.3, -0.25) is 10.2 Å². The number of nitrogens with zero attached hydrogens (tertiary/aromatic N) is 2. The molecule has 1 saturated heterocycles. The third-order valence-electron chi connectivity index (χ3n) is 3.27. The van der Waals surface area contributed by atoms with Gasteiger partial charge in [-0.1, -0.05) is 25.6 Å². The molecule has 2 heterocycles. The minimum atomic E-state index is -0.0315. The molecule has 0 saturated carbocycles. The van der Waals surface area contributed by atoms with E-state index >= 15 is 0 Å². The van der Waals surface area contributed by atoms with Gasteiger partial charge in [-0.2, -0.15) is 4.99 Å². The maximum atomic E-state index is 11.7. The van der Waals surface area contributed by atoms with E-state index in [0.717, 1.165) is 24.6 Å². The fraction of sp³-hybridized carbons (Fsp3) is 0.833. The van der Waals surface area contributed by atoms with Gasteiger partial charge in [0.05, 0.1) is 17.9 Å². The van der Waals surface area contributed by atoms with E-state index in [4.69, 9.17) is 4.74 Å². The van der Waals surface area contributed by atoms with Crippen molar-refractivity contribution in [3.8, 4) is 0 Å². The van der Waals surface area contributed by atoms with Gasteiger partial charge in [0, 0.05) is 13.7 Å². The summed E-state index contributed by atoms with van der Waals surface area (Å²) in [6.07, 6.45) is 2.28. The lowest BCUT2D eigenvalue weighted by atomic mass is 10.1. The predicted molar refractivity (Wildman–Crippen MR) is 73.4 cm³/mol. The first-order valence-corrected chi connectivity index (χ1v) is 7.31. The molecular formula is C12H21N3O2S. The highest BCUT2D eigenvalue weighted by Crippen LogP contribution is 2.28. The zero-order valence-corrected chi connectivity index (χ0v) is 12.0. The standard InChI is InChI=1S/C12H21N3O2S/c1-8(2)10-11(16)13-12(18-10)14-15-6-4-5-9(15)7-17-3/h8-10H,4-7H2,1-3H3,(H,13,14,16)/t9-,10?/m1/s1. The minimum Gasteiger partial charge on any atom is -0.383 e. The van der Waals surface area contributed by atoms with Gasteiger partial charge in [-0.15, -0.1) is 0 Å². The average molecular weight is 271 g/mol. The van der Waals surface area contributed by atoms with Crippen LogP contribution in [0.25, 0.3) is 0 Å². The number of hydrazine groups is 1. The maximum Gasteiger partial charge on any atom is 0.261 e. The zero-order chi connectivity index (χ0) is 13.1. The van der Waals surface area contributed by atoms with E-state index < -0.39 is 0 Å². The molecule has 1 unspecified atom stereocenters. The SMILES string of the molecule is COC[C@H]1CCCN1NC1=NC(=O)C(C(C)C)S1. The largest absolute Gasteiger partial charge is 0.383 e. The molecule has 6 heteroatoms. The van der Waals surface area contributed by atoms with E-state index in [1.165, 1.54) is 0 Å². The van der Waals surface area contributed by atoms with Crippen molar-refractivity contribution in [1.29, 1.82) is 0 Å². The third kappa shape index (κ3) is 3.05. The molecule has 0 aromatic rings. The van der Waals surface area contributed by atoms with Gasteiger partial charge in [0.25, 0.3) is 5.91 Å². The van der Waals surface area contributed by atoms with Crippen LogP contribution in [-0.2, 0) is 9.53 Å². The second-order valence-electron chi connectivity index (χ2n) is 5.09. The first-order valence-electron chi connectivity index (χ1n) is 6.43. The van der Waals surface area contributed by atoms with Gasteiger partial charge >= 0.3 is 0 Å². The average Bonchev–Trinajstić information content (AvgIpc) is 2.87. The summed E-state index contributed by atoms with van der Waals surface area (Å²) in [7, 11) is 1.72. The number of thioether (sulfide) groups is 1. The molecule has 18 heavy (non-hydrogen) atoms. The quantitative estimate of drug-likeness (QED) is 0.834. The van der Waals surface area contributed by atoms with Crippen molar-refractivity contribution in [3.63, 3.8) is 0 Å². The molecule has 0 bridgehead atoms. The van der Waals surface area contributed by atoms with E-state index in [2.05, 4.69) is 29.3 Å². The van der Waals surface area contributed by atoms with Gasteiger partial charge in [0.1, 0.15) is 0 Å². The van der Waals surface area contributed by atoms with Gasteiger partial charge in [-0.25, -0.2) is 5.01 Å². The van der Waals surface area contributed by atoms with Crippen LogP contribution in [0.5, 0.6) is 0 Å². The van der Waals surface area contributed by atoms with Gasteiger partial charge in [-0.05, 0) is 18.8 Å². The first-order chi connectivity index (χ1) is 8.61. The van der Waals surface area contributed by atoms with Crippen LogP contribution < -0.4 is 5.43 Å². The van der Waals surface area contributed by atoms with Crippen LogP contribution in [0.15, 0.2) is 4.99 Å². The Balaban J connectivity index is 1.91. The summed E-state index contributed by atoms with van der Waals surface area (Å²) in [6.45, 7) is 5.80. The second kappa shape index (κ2) is 6.04. The molecule has 2 rings (SSSR count). The lowest BCUT2D eigenvalue weighted by Crippen LogP contribution is -2.45. The third-order valence-corrected chi connectivity index (χ3v) is 4.68. The van der Waals surface area contributed by atoms with Crippen LogP contribution >= 0.6 is 11.8 Å². The van der Waals surface area contributed by atoms with Crippen molar-refractivity contribution in [1.82, 2.24) is 10.4 Å². The summed E-state index contributed by atoms with van der Waals surface area (Å²) in [4.78, 5) is 15.8. The molecule has 102 valence electrons. The summed E-state index contributed by atoms with van der Waals surface area (Å²) in [5, 5.41) is 2.85. The van der Waals surface area contributed by atoms with Crippen molar-refractivity contribution < 1.29 is 9.53 Å². The Hall–Kier alpha value is -0.590. The summed E-state index contributed by atoms with van der Waals surface area (Å²) >= 11 is 1.54. The first kappa shape index (κ1) is 13.8. The highest BCUT2D eigenvalue weighted by Gasteiger charge is 2.33. The van der Waals surface area contributed by atoms with E-state index in [1.807, 2.05) is 0 Å². The van der Waals surface area contributed by atoms with Crippen molar-refractivity contribution in [2.45, 2.75) is 38.0 Å². The number of hydrogen-bond donors (Lipinski definition) is 1. The zero-order valence-electron chi connectivity index (χ0n) is 11.2. The van der Waals surface area contributed by atoms with E-state index in [-0.39, 0.29) is 11.2 Å². The van der Waals surface area contributed by atoms with Gasteiger partial charge < -0.3 is 4.74 Å². The minimum absolute atomic E-state index is 0.0139. The monoisotopic (exact) mass is 271 g/mol. The highest BCUT2D eigenvalue weighted by molar-refractivity contribution is 8.15. The Bertz CT molecular complexity index is 346. The fourth-order valence-electron chi connectivity index (χ4n) is 2.30. The second-order valence-corrected chi connectivity index (χ2v) is 6.22. The molecule has 0 aromatic heterocycles. The summed E-state index contributed by atoms with van der Waals surface area (Å²) < 4.78 is 5.21. The predicted octanol–water partition coefficient (Wildman–Crippen LogP) is 1.26. The Morgan fingerprint density at radius 3 is 3.00 bits per heavy atom. The smallest absolute Gasteiger partial charge is 0.261 e. The highest BCUT2D eigenvalue weighted by atomic mass is 32.2. The lowest BCUT2D eigenvalue weighted by Gasteiger charge is -2.25. The molecule has 1 amide bonds. The number of hydrogen-bond acceptors (Lipinski definition) is 5. The van der Waals surface area contributed by atoms with Crippen LogP contribution in [0.2, 0.25) is 0 Å². The molecule has 1 N–H and O–H groups in total. The van der Waals surface area contributed by atoms with Crippen LogP contribution in [-0.4, -0.2) is 47.6 Å². The number of ether oxygens (including phenoxy) is 1. The normalized spacial score (nSPS) is 29.1. The van der Waals surface area contributed by atoms with Gasteiger partial charge in [0.15, 0.2) is 5.17 Å². The Labute approximate surface area is 112 Å². The Morgan fingerprint density at radius 2 is 2.39 bits per heavy atom. The molecular weight excluding hydrogens is 250 g/mol. The molecule has 2 aliphatic heterocycles. The topological polar surface area (TPSA) is 53.9 Å². The number of carbonyl (C=O) groups is 1. The molecule has 0 spiro atoms. The Kier molecular flexibility index (Phi) is 4.64. The molecule has 0 aliphatic carbocycles. The molecule has 2 aliphatic rings. The number of carbonyl (C=O) groups excluding carboxylic acids is 1. The van der Waals surface area contributed by atoms with E-state index in [0.29, 0.717) is 18.6 Å².